The smallest absolute Gasteiger partial charge is 0.217 e. The summed E-state index contributed by atoms with van der Waals surface area (Å²) in [6.45, 7) is 2.17. The molecule has 1 aliphatic heterocycles. The Bertz CT molecular complexity index is 164. The monoisotopic (exact) mass is 174 g/mol. The molecule has 3 atom stereocenters. The van der Waals surface area contributed by atoms with Crippen molar-refractivity contribution in [3.05, 3.63) is 0 Å². The first kappa shape index (κ1) is 9.44. The maximum atomic E-state index is 10.6. The van der Waals surface area contributed by atoms with Crippen LogP contribution in [0.2, 0.25) is 0 Å². The van der Waals surface area contributed by atoms with Gasteiger partial charge in [-0.25, -0.2) is 0 Å². The summed E-state index contributed by atoms with van der Waals surface area (Å²) in [5.74, 6) is -0.236. The quantitative estimate of drug-likeness (QED) is 0.364. The van der Waals surface area contributed by atoms with Gasteiger partial charge in [0, 0.05) is 20.0 Å². The third-order valence-corrected chi connectivity index (χ3v) is 1.91. The third-order valence-electron chi connectivity index (χ3n) is 1.91. The highest BCUT2D eigenvalue weighted by Crippen LogP contribution is 2.04. The van der Waals surface area contributed by atoms with Crippen LogP contribution >= 0.6 is 0 Å². The van der Waals surface area contributed by atoms with Crippen LogP contribution in [0, 0.1) is 0 Å². The van der Waals surface area contributed by atoms with E-state index in [-0.39, 0.29) is 5.91 Å². The second-order valence-corrected chi connectivity index (χ2v) is 3.02. The highest BCUT2D eigenvalue weighted by atomic mass is 16.3. The number of amides is 1. The number of piperidine rings is 1. The first-order chi connectivity index (χ1) is 5.61. The Hall–Kier alpha value is -0.650. The maximum absolute atomic E-state index is 10.6. The van der Waals surface area contributed by atoms with Gasteiger partial charge < -0.3 is 20.8 Å². The molecular formula is C7H14N2O3. The van der Waals surface area contributed by atoms with Crippen LogP contribution in [0.1, 0.15) is 6.92 Å². The SMILES string of the molecule is CC(=O)N[C@H]1[C@H](O)CNC[C@@H]1O. The molecule has 1 heterocycles. The largest absolute Gasteiger partial charge is 0.390 e. The molecule has 0 saturated carbocycles. The van der Waals surface area contributed by atoms with Gasteiger partial charge in [-0.1, -0.05) is 0 Å². The van der Waals surface area contributed by atoms with Crippen molar-refractivity contribution in [3.63, 3.8) is 0 Å². The lowest BCUT2D eigenvalue weighted by Crippen LogP contribution is -2.60. The van der Waals surface area contributed by atoms with Gasteiger partial charge in [-0.3, -0.25) is 4.79 Å². The molecule has 0 aromatic heterocycles. The Morgan fingerprint density at radius 3 is 2.33 bits per heavy atom. The molecule has 1 saturated heterocycles. The van der Waals surface area contributed by atoms with Crippen molar-refractivity contribution in [2.24, 2.45) is 0 Å². The average molecular weight is 174 g/mol. The molecule has 0 aliphatic carbocycles. The summed E-state index contributed by atoms with van der Waals surface area (Å²) in [7, 11) is 0. The van der Waals surface area contributed by atoms with Crippen LogP contribution in [-0.4, -0.2) is 47.5 Å². The van der Waals surface area contributed by atoms with Crippen LogP contribution < -0.4 is 10.6 Å². The zero-order chi connectivity index (χ0) is 9.14. The zero-order valence-corrected chi connectivity index (χ0v) is 6.95. The summed E-state index contributed by atoms with van der Waals surface area (Å²) in [6, 6.07) is -0.538. The van der Waals surface area contributed by atoms with Crippen molar-refractivity contribution >= 4 is 5.91 Å². The topological polar surface area (TPSA) is 81.6 Å². The van der Waals surface area contributed by atoms with Gasteiger partial charge in [0.05, 0.1) is 18.2 Å². The van der Waals surface area contributed by atoms with Crippen LogP contribution in [0.25, 0.3) is 0 Å². The molecule has 5 nitrogen and oxygen atoms in total. The van der Waals surface area contributed by atoms with E-state index in [2.05, 4.69) is 10.6 Å². The molecule has 0 radical (unpaired) electrons. The summed E-state index contributed by atoms with van der Waals surface area (Å²) in [4.78, 5) is 10.6. The summed E-state index contributed by atoms with van der Waals surface area (Å²) >= 11 is 0. The van der Waals surface area contributed by atoms with Crippen LogP contribution in [0.4, 0.5) is 0 Å². The standard InChI is InChI=1S/C7H14N2O3/c1-4(10)9-7-5(11)2-8-3-6(7)12/h5-8,11-12H,2-3H2,1H3,(H,9,10)/t5-,6+,7+. The lowest BCUT2D eigenvalue weighted by molar-refractivity contribution is -0.122. The molecule has 4 N–H and O–H groups in total. The van der Waals surface area contributed by atoms with E-state index in [1.807, 2.05) is 0 Å². The predicted molar refractivity (Wildman–Crippen MR) is 42.5 cm³/mol. The van der Waals surface area contributed by atoms with Crippen molar-refractivity contribution in [3.8, 4) is 0 Å². The second-order valence-electron chi connectivity index (χ2n) is 3.02. The fourth-order valence-corrected chi connectivity index (χ4v) is 1.32. The molecule has 0 aromatic carbocycles. The van der Waals surface area contributed by atoms with Gasteiger partial charge in [-0.15, -0.1) is 0 Å². The Morgan fingerprint density at radius 1 is 1.42 bits per heavy atom. The van der Waals surface area contributed by atoms with E-state index in [4.69, 9.17) is 0 Å². The van der Waals surface area contributed by atoms with Crippen molar-refractivity contribution in [1.82, 2.24) is 10.6 Å². The number of β-amino-alcohol motifs (C(OH)–C–C–N with tert-alkyl or cyclic N) is 2. The molecule has 0 unspecified atom stereocenters. The van der Waals surface area contributed by atoms with Gasteiger partial charge in [0.25, 0.3) is 0 Å². The Balaban J connectivity index is 2.50. The fourth-order valence-electron chi connectivity index (χ4n) is 1.32. The molecule has 1 amide bonds. The number of hydrogen-bond donors (Lipinski definition) is 4. The molecule has 5 heteroatoms. The molecule has 12 heavy (non-hydrogen) atoms. The highest BCUT2D eigenvalue weighted by molar-refractivity contribution is 5.73. The Morgan fingerprint density at radius 2 is 1.92 bits per heavy atom. The normalized spacial score (nSPS) is 36.1. The number of aliphatic hydroxyl groups is 2. The summed E-state index contributed by atoms with van der Waals surface area (Å²) in [5.41, 5.74) is 0. The van der Waals surface area contributed by atoms with Crippen LogP contribution in [0.15, 0.2) is 0 Å². The lowest BCUT2D eigenvalue weighted by Gasteiger charge is -2.33. The minimum Gasteiger partial charge on any atom is -0.390 e. The first-order valence-electron chi connectivity index (χ1n) is 3.95. The molecular weight excluding hydrogens is 160 g/mol. The number of rotatable bonds is 1. The molecule has 0 bridgehead atoms. The van der Waals surface area contributed by atoms with Gasteiger partial charge in [-0.2, -0.15) is 0 Å². The van der Waals surface area contributed by atoms with E-state index in [9.17, 15) is 15.0 Å². The number of carbonyl (C=O) groups is 1. The van der Waals surface area contributed by atoms with Crippen molar-refractivity contribution in [1.29, 1.82) is 0 Å². The lowest BCUT2D eigenvalue weighted by atomic mass is 10.0. The zero-order valence-electron chi connectivity index (χ0n) is 6.95. The van der Waals surface area contributed by atoms with Crippen molar-refractivity contribution in [2.75, 3.05) is 13.1 Å². The van der Waals surface area contributed by atoms with Gasteiger partial charge in [0.1, 0.15) is 0 Å². The van der Waals surface area contributed by atoms with Gasteiger partial charge in [0.2, 0.25) is 5.91 Å². The first-order valence-corrected chi connectivity index (χ1v) is 3.95. The van der Waals surface area contributed by atoms with Crippen LogP contribution in [0.5, 0.6) is 0 Å². The molecule has 0 spiro atoms. The van der Waals surface area contributed by atoms with E-state index in [1.165, 1.54) is 6.92 Å². The Labute approximate surface area is 70.8 Å². The van der Waals surface area contributed by atoms with Crippen LogP contribution in [-0.2, 0) is 4.79 Å². The number of hydrogen-bond acceptors (Lipinski definition) is 4. The number of carbonyl (C=O) groups excluding carboxylic acids is 1. The average Bonchev–Trinajstić information content (AvgIpc) is 1.97. The second kappa shape index (κ2) is 3.84. The van der Waals surface area contributed by atoms with Crippen molar-refractivity contribution in [2.45, 2.75) is 25.2 Å². The number of nitrogens with one attached hydrogen (secondary N) is 2. The van der Waals surface area contributed by atoms with Gasteiger partial charge in [0.15, 0.2) is 0 Å². The van der Waals surface area contributed by atoms with E-state index in [1.54, 1.807) is 0 Å². The van der Waals surface area contributed by atoms with Gasteiger partial charge >= 0.3 is 0 Å². The van der Waals surface area contributed by atoms with Gasteiger partial charge in [-0.05, 0) is 0 Å². The summed E-state index contributed by atoms with van der Waals surface area (Å²) in [6.07, 6.45) is -1.42. The van der Waals surface area contributed by atoms with E-state index in [0.717, 1.165) is 0 Å². The number of aliphatic hydroxyl groups excluding tert-OH is 2. The van der Waals surface area contributed by atoms with E-state index < -0.39 is 18.2 Å². The molecule has 1 fully saturated rings. The minimum absolute atomic E-state index is 0.236. The molecule has 0 aromatic rings. The fraction of sp³-hybridized carbons (Fsp3) is 0.857. The predicted octanol–water partition coefficient (Wildman–Crippen LogP) is -2.18. The van der Waals surface area contributed by atoms with E-state index in [0.29, 0.717) is 13.1 Å². The molecule has 1 rings (SSSR count). The van der Waals surface area contributed by atoms with Crippen LogP contribution in [0.3, 0.4) is 0 Å². The van der Waals surface area contributed by atoms with E-state index >= 15 is 0 Å². The third kappa shape index (κ3) is 2.17. The minimum atomic E-state index is -0.711. The summed E-state index contributed by atoms with van der Waals surface area (Å²) in [5, 5.41) is 24.0. The maximum Gasteiger partial charge on any atom is 0.217 e. The molecule has 70 valence electrons. The van der Waals surface area contributed by atoms with Crippen molar-refractivity contribution < 1.29 is 15.0 Å². The highest BCUT2D eigenvalue weighted by Gasteiger charge is 2.30. The summed E-state index contributed by atoms with van der Waals surface area (Å²) < 4.78 is 0. The molecule has 1 aliphatic rings. The Kier molecular flexibility index (Phi) is 3.02.